The molecule has 0 aromatic heterocycles. The highest BCUT2D eigenvalue weighted by molar-refractivity contribution is 5.68. The number of amides is 1. The van der Waals surface area contributed by atoms with Crippen molar-refractivity contribution in [3.8, 4) is 0 Å². The van der Waals surface area contributed by atoms with E-state index >= 15 is 0 Å². The highest BCUT2D eigenvalue weighted by Gasteiger charge is 2.27. The molecule has 0 radical (unpaired) electrons. The molecule has 0 bridgehead atoms. The van der Waals surface area contributed by atoms with Crippen molar-refractivity contribution >= 4 is 12.4 Å². The molecule has 0 aromatic rings. The third kappa shape index (κ3) is 7.72. The Kier molecular flexibility index (Phi) is 7.78. The lowest BCUT2D eigenvalue weighted by Gasteiger charge is -2.32. The molecule has 1 aliphatic heterocycles. The molecule has 128 valence electrons. The second-order valence-corrected chi connectivity index (χ2v) is 6.60. The van der Waals surface area contributed by atoms with Crippen LogP contribution in [0.2, 0.25) is 0 Å². The van der Waals surface area contributed by atoms with Gasteiger partial charge in [0.2, 0.25) is 0 Å². The Balaban J connectivity index is 2.53. The summed E-state index contributed by atoms with van der Waals surface area (Å²) in [5.74, 6) is 0. The number of carbonyl (C=O) groups is 2. The molecular weight excluding hydrogens is 286 g/mol. The average Bonchev–Trinajstić information content (AvgIpc) is 2.45. The summed E-state index contributed by atoms with van der Waals surface area (Å²) in [6, 6.07) is -0.617. The van der Waals surface area contributed by atoms with Crippen LogP contribution in [0, 0.1) is 0 Å². The summed E-state index contributed by atoms with van der Waals surface area (Å²) in [7, 11) is 0. The van der Waals surface area contributed by atoms with Crippen molar-refractivity contribution in [1.29, 1.82) is 0 Å². The Morgan fingerprint density at radius 1 is 1.50 bits per heavy atom. The number of aldehydes is 1. The van der Waals surface area contributed by atoms with Crippen molar-refractivity contribution in [2.45, 2.75) is 63.8 Å². The van der Waals surface area contributed by atoms with Gasteiger partial charge in [-0.3, -0.25) is 0 Å². The summed E-state index contributed by atoms with van der Waals surface area (Å²) in [6.07, 6.45) is 2.21. The highest BCUT2D eigenvalue weighted by Crippen LogP contribution is 2.13. The Bertz CT molecular complexity index is 351. The maximum Gasteiger partial charge on any atom is 0.407 e. The van der Waals surface area contributed by atoms with E-state index in [1.807, 2.05) is 20.8 Å². The van der Waals surface area contributed by atoms with Gasteiger partial charge in [-0.25, -0.2) is 4.79 Å². The molecule has 3 atom stereocenters. The van der Waals surface area contributed by atoms with Crippen LogP contribution in [0.25, 0.3) is 0 Å². The maximum absolute atomic E-state index is 12.0. The summed E-state index contributed by atoms with van der Waals surface area (Å²) in [5.41, 5.74) is 5.06. The van der Waals surface area contributed by atoms with E-state index in [1.54, 1.807) is 0 Å². The van der Waals surface area contributed by atoms with E-state index in [-0.39, 0.29) is 12.1 Å². The van der Waals surface area contributed by atoms with Crippen LogP contribution in [0.1, 0.15) is 40.0 Å². The molecule has 1 heterocycles. The third-order valence-corrected chi connectivity index (χ3v) is 3.33. The van der Waals surface area contributed by atoms with Gasteiger partial charge in [-0.05, 0) is 40.0 Å². The topological polar surface area (TPSA) is 103 Å². The lowest BCUT2D eigenvalue weighted by molar-refractivity contribution is -0.109. The number of alkyl carbamates (subject to hydrolysis) is 1. The molecule has 3 unspecified atom stereocenters. The van der Waals surface area contributed by atoms with Crippen molar-refractivity contribution in [1.82, 2.24) is 10.6 Å². The van der Waals surface area contributed by atoms with Crippen molar-refractivity contribution in [2.24, 2.45) is 5.73 Å². The van der Waals surface area contributed by atoms with Crippen molar-refractivity contribution in [3.63, 3.8) is 0 Å². The smallest absolute Gasteiger partial charge is 0.407 e. The first-order chi connectivity index (χ1) is 10.3. The second-order valence-electron chi connectivity index (χ2n) is 6.60. The number of nitrogens with one attached hydrogen (secondary N) is 2. The molecule has 0 spiro atoms. The van der Waals surface area contributed by atoms with E-state index in [9.17, 15) is 9.59 Å². The van der Waals surface area contributed by atoms with E-state index in [2.05, 4.69) is 10.6 Å². The number of hydrogen-bond donors (Lipinski definition) is 3. The number of rotatable bonds is 7. The lowest BCUT2D eigenvalue weighted by atomic mass is 10.0. The zero-order valence-electron chi connectivity index (χ0n) is 13.8. The standard InChI is InChI=1S/C15H29N3O4/c1-15(2,3)22-14(20)18-12(6-4-5-11(16)10-19)13-9-17-7-8-21-13/h10-13,17H,4-9,16H2,1-3H3,(H,18,20). The molecule has 0 saturated carbocycles. The van der Waals surface area contributed by atoms with Gasteiger partial charge in [0.15, 0.2) is 0 Å². The van der Waals surface area contributed by atoms with Crippen LogP contribution in [-0.4, -0.2) is 55.9 Å². The van der Waals surface area contributed by atoms with Gasteiger partial charge in [0.1, 0.15) is 11.9 Å². The third-order valence-electron chi connectivity index (χ3n) is 3.33. The predicted octanol–water partition coefficient (Wildman–Crippen LogP) is 0.565. The van der Waals surface area contributed by atoms with Crippen molar-refractivity contribution in [2.75, 3.05) is 19.7 Å². The summed E-state index contributed by atoms with van der Waals surface area (Å²) in [4.78, 5) is 22.5. The van der Waals surface area contributed by atoms with Crippen LogP contribution in [-0.2, 0) is 14.3 Å². The first-order valence-electron chi connectivity index (χ1n) is 7.84. The van der Waals surface area contributed by atoms with E-state index in [4.69, 9.17) is 15.2 Å². The number of morpholine rings is 1. The minimum Gasteiger partial charge on any atom is -0.444 e. The molecule has 0 aliphatic carbocycles. The van der Waals surface area contributed by atoms with E-state index in [0.29, 0.717) is 26.0 Å². The SMILES string of the molecule is CC(C)(C)OC(=O)NC(CCCC(N)C=O)C1CNCCO1. The first-order valence-corrected chi connectivity index (χ1v) is 7.84. The molecular formula is C15H29N3O4. The second kappa shape index (κ2) is 9.07. The molecule has 22 heavy (non-hydrogen) atoms. The minimum absolute atomic E-state index is 0.103. The Morgan fingerprint density at radius 2 is 2.23 bits per heavy atom. The van der Waals surface area contributed by atoms with Crippen molar-refractivity contribution < 1.29 is 19.1 Å². The largest absolute Gasteiger partial charge is 0.444 e. The molecule has 1 fully saturated rings. The molecule has 7 nitrogen and oxygen atoms in total. The van der Waals surface area contributed by atoms with Gasteiger partial charge in [0.25, 0.3) is 0 Å². The fourth-order valence-electron chi connectivity index (χ4n) is 2.30. The number of hydrogen-bond acceptors (Lipinski definition) is 6. The summed E-state index contributed by atoms with van der Waals surface area (Å²) in [5, 5.41) is 6.13. The Hall–Kier alpha value is -1.18. The van der Waals surface area contributed by atoms with E-state index < -0.39 is 17.7 Å². The number of ether oxygens (including phenoxy) is 2. The van der Waals surface area contributed by atoms with Gasteiger partial charge < -0.3 is 30.6 Å². The normalized spacial score (nSPS) is 21.7. The molecule has 1 aliphatic rings. The minimum atomic E-state index is -0.541. The summed E-state index contributed by atoms with van der Waals surface area (Å²) < 4.78 is 11.0. The zero-order chi connectivity index (χ0) is 16.6. The molecule has 1 rings (SSSR count). The van der Waals surface area contributed by atoms with Crippen LogP contribution in [0.5, 0.6) is 0 Å². The van der Waals surface area contributed by atoms with Gasteiger partial charge in [0, 0.05) is 13.1 Å². The first kappa shape index (κ1) is 18.9. The lowest BCUT2D eigenvalue weighted by Crippen LogP contribution is -2.53. The van der Waals surface area contributed by atoms with Crippen LogP contribution in [0.3, 0.4) is 0 Å². The number of nitrogens with two attached hydrogens (primary N) is 1. The maximum atomic E-state index is 12.0. The quantitative estimate of drug-likeness (QED) is 0.593. The fourth-order valence-corrected chi connectivity index (χ4v) is 2.30. The number of carbonyl (C=O) groups excluding carboxylic acids is 2. The van der Waals surface area contributed by atoms with Gasteiger partial charge in [-0.1, -0.05) is 0 Å². The average molecular weight is 315 g/mol. The Morgan fingerprint density at radius 3 is 2.77 bits per heavy atom. The van der Waals surface area contributed by atoms with E-state index in [1.165, 1.54) is 0 Å². The molecule has 7 heteroatoms. The zero-order valence-corrected chi connectivity index (χ0v) is 13.8. The molecule has 1 saturated heterocycles. The van der Waals surface area contributed by atoms with Gasteiger partial charge in [0.05, 0.1) is 24.8 Å². The fraction of sp³-hybridized carbons (Fsp3) is 0.867. The molecule has 0 aromatic carbocycles. The monoisotopic (exact) mass is 315 g/mol. The van der Waals surface area contributed by atoms with Gasteiger partial charge >= 0.3 is 6.09 Å². The van der Waals surface area contributed by atoms with Crippen LogP contribution >= 0.6 is 0 Å². The van der Waals surface area contributed by atoms with E-state index in [0.717, 1.165) is 19.3 Å². The molecule has 4 N–H and O–H groups in total. The van der Waals surface area contributed by atoms with Crippen LogP contribution < -0.4 is 16.4 Å². The summed E-state index contributed by atoms with van der Waals surface area (Å²) in [6.45, 7) is 7.58. The van der Waals surface area contributed by atoms with Crippen LogP contribution in [0.4, 0.5) is 4.79 Å². The van der Waals surface area contributed by atoms with Crippen molar-refractivity contribution in [3.05, 3.63) is 0 Å². The summed E-state index contributed by atoms with van der Waals surface area (Å²) >= 11 is 0. The predicted molar refractivity (Wildman–Crippen MR) is 83.7 cm³/mol. The van der Waals surface area contributed by atoms with Gasteiger partial charge in [-0.2, -0.15) is 0 Å². The van der Waals surface area contributed by atoms with Crippen LogP contribution in [0.15, 0.2) is 0 Å². The Labute approximate surface area is 132 Å². The molecule has 1 amide bonds. The van der Waals surface area contributed by atoms with Gasteiger partial charge in [-0.15, -0.1) is 0 Å². The highest BCUT2D eigenvalue weighted by atomic mass is 16.6.